The van der Waals surface area contributed by atoms with Crippen molar-refractivity contribution in [2.24, 2.45) is 0 Å². The number of carbonyl (C=O) groups is 1. The van der Waals surface area contributed by atoms with Gasteiger partial charge in [-0.15, -0.1) is 0 Å². The van der Waals surface area contributed by atoms with Crippen molar-refractivity contribution in [1.29, 1.82) is 0 Å². The largest absolute Gasteiger partial charge is 0.444 e. The normalized spacial score (nSPS) is 16.1. The Kier molecular flexibility index (Phi) is 4.64. The zero-order chi connectivity index (χ0) is 19.1. The molecule has 140 valence electrons. The molecule has 2 aromatic rings. The maximum absolute atomic E-state index is 12.2. The van der Waals surface area contributed by atoms with Gasteiger partial charge in [0.05, 0.1) is 4.92 Å². The zero-order valence-electron chi connectivity index (χ0n) is 15.7. The predicted octanol–water partition coefficient (Wildman–Crippen LogP) is 4.43. The molecule has 1 aliphatic rings. The summed E-state index contributed by atoms with van der Waals surface area (Å²) < 4.78 is 7.64. The quantitative estimate of drug-likeness (QED) is 0.587. The molecule has 0 saturated carbocycles. The monoisotopic (exact) mass is 359 g/mol. The molecule has 0 bridgehead atoms. The van der Waals surface area contributed by atoms with Crippen LogP contribution in [0.5, 0.6) is 0 Å². The number of carbonyl (C=O) groups excluding carboxylic acids is 1. The summed E-state index contributed by atoms with van der Waals surface area (Å²) in [6.07, 6.45) is 3.46. The molecule has 1 aromatic heterocycles. The minimum Gasteiger partial charge on any atom is -0.444 e. The van der Waals surface area contributed by atoms with Crippen LogP contribution in [0.1, 0.15) is 45.2 Å². The van der Waals surface area contributed by atoms with E-state index in [2.05, 4.69) is 10.8 Å². The van der Waals surface area contributed by atoms with Gasteiger partial charge in [-0.25, -0.2) is 4.79 Å². The number of piperidine rings is 1. The number of aromatic nitrogens is 1. The Morgan fingerprint density at radius 1 is 1.27 bits per heavy atom. The number of ether oxygens (including phenoxy) is 1. The van der Waals surface area contributed by atoms with Gasteiger partial charge in [0.2, 0.25) is 0 Å². The highest BCUT2D eigenvalue weighted by molar-refractivity contribution is 5.86. The average Bonchev–Trinajstić information content (AvgIpc) is 2.90. The molecule has 1 amide bonds. The van der Waals surface area contributed by atoms with Gasteiger partial charge in [-0.3, -0.25) is 10.1 Å². The predicted molar refractivity (Wildman–Crippen MR) is 99.4 cm³/mol. The Morgan fingerprint density at radius 3 is 2.50 bits per heavy atom. The van der Waals surface area contributed by atoms with Crippen LogP contribution in [0.4, 0.5) is 10.5 Å². The van der Waals surface area contributed by atoms with Gasteiger partial charge in [-0.2, -0.15) is 0 Å². The van der Waals surface area contributed by atoms with Crippen LogP contribution in [0.3, 0.4) is 0 Å². The van der Waals surface area contributed by atoms with Gasteiger partial charge < -0.3 is 14.2 Å². The summed E-state index contributed by atoms with van der Waals surface area (Å²) in [7, 11) is 0. The lowest BCUT2D eigenvalue weighted by molar-refractivity contribution is -0.384. The summed E-state index contributed by atoms with van der Waals surface area (Å²) in [5.74, 6) is 0. The molecule has 0 unspecified atom stereocenters. The van der Waals surface area contributed by atoms with Gasteiger partial charge >= 0.3 is 6.09 Å². The second kappa shape index (κ2) is 6.63. The van der Waals surface area contributed by atoms with Crippen LogP contribution in [0.15, 0.2) is 24.4 Å². The van der Waals surface area contributed by atoms with Crippen molar-refractivity contribution in [3.63, 3.8) is 0 Å². The van der Waals surface area contributed by atoms with Gasteiger partial charge in [0.15, 0.2) is 0 Å². The second-order valence-corrected chi connectivity index (χ2v) is 7.88. The molecule has 0 N–H and O–H groups in total. The average molecular weight is 359 g/mol. The first-order chi connectivity index (χ1) is 12.2. The Balaban J connectivity index is 1.76. The standard InChI is InChI=1S/C19H25N3O4/c1-13-12-21(17-6-5-15(22(24)25)11-16(13)17)14-7-9-20(10-8-14)18(23)26-19(2,3)4/h5-6,11-12,14H,7-10H2,1-4H3. The molecular formula is C19H25N3O4. The first-order valence-electron chi connectivity index (χ1n) is 8.89. The topological polar surface area (TPSA) is 77.6 Å². The number of non-ortho nitro benzene ring substituents is 1. The molecule has 3 rings (SSSR count). The number of hydrogen-bond donors (Lipinski definition) is 0. The molecular weight excluding hydrogens is 334 g/mol. The number of hydrogen-bond acceptors (Lipinski definition) is 4. The molecule has 7 nitrogen and oxygen atoms in total. The summed E-state index contributed by atoms with van der Waals surface area (Å²) in [6.45, 7) is 8.86. The molecule has 1 aliphatic heterocycles. The molecule has 1 fully saturated rings. The molecule has 1 saturated heterocycles. The van der Waals surface area contributed by atoms with Crippen LogP contribution in [-0.4, -0.2) is 39.2 Å². The number of amides is 1. The Morgan fingerprint density at radius 2 is 1.92 bits per heavy atom. The highest BCUT2D eigenvalue weighted by Crippen LogP contribution is 2.32. The fourth-order valence-electron chi connectivity index (χ4n) is 3.48. The minimum atomic E-state index is -0.490. The summed E-state index contributed by atoms with van der Waals surface area (Å²) in [5.41, 5.74) is 1.65. The Bertz CT molecular complexity index is 842. The summed E-state index contributed by atoms with van der Waals surface area (Å²) in [6, 6.07) is 5.28. The lowest BCUT2D eigenvalue weighted by atomic mass is 10.0. The first-order valence-corrected chi connectivity index (χ1v) is 8.89. The fraction of sp³-hybridized carbons (Fsp3) is 0.526. The molecule has 1 aromatic carbocycles. The highest BCUT2D eigenvalue weighted by Gasteiger charge is 2.28. The number of benzene rings is 1. The van der Waals surface area contributed by atoms with E-state index in [0.717, 1.165) is 29.3 Å². The van der Waals surface area contributed by atoms with Crippen LogP contribution in [0, 0.1) is 17.0 Å². The summed E-state index contributed by atoms with van der Waals surface area (Å²) in [4.78, 5) is 24.6. The summed E-state index contributed by atoms with van der Waals surface area (Å²) in [5, 5.41) is 11.9. The van der Waals surface area contributed by atoms with E-state index in [9.17, 15) is 14.9 Å². The smallest absolute Gasteiger partial charge is 0.410 e. The Labute approximate surface area is 152 Å². The van der Waals surface area contributed by atoms with Crippen molar-refractivity contribution < 1.29 is 14.5 Å². The first kappa shape index (κ1) is 18.2. The van der Waals surface area contributed by atoms with E-state index in [1.807, 2.05) is 33.8 Å². The maximum atomic E-state index is 12.2. The van der Waals surface area contributed by atoms with E-state index in [-0.39, 0.29) is 22.7 Å². The van der Waals surface area contributed by atoms with Crippen LogP contribution in [0.2, 0.25) is 0 Å². The molecule has 7 heteroatoms. The Hall–Kier alpha value is -2.57. The lowest BCUT2D eigenvalue weighted by Gasteiger charge is -2.34. The number of likely N-dealkylation sites (tertiary alicyclic amines) is 1. The van der Waals surface area contributed by atoms with Crippen LogP contribution in [0.25, 0.3) is 10.9 Å². The van der Waals surface area contributed by atoms with E-state index in [1.165, 1.54) is 0 Å². The number of fused-ring (bicyclic) bond motifs is 1. The van der Waals surface area contributed by atoms with E-state index < -0.39 is 5.60 Å². The molecule has 26 heavy (non-hydrogen) atoms. The number of nitrogens with zero attached hydrogens (tertiary/aromatic N) is 3. The molecule has 2 heterocycles. The summed E-state index contributed by atoms with van der Waals surface area (Å²) >= 11 is 0. The molecule has 0 spiro atoms. The van der Waals surface area contributed by atoms with Crippen LogP contribution in [-0.2, 0) is 4.74 Å². The van der Waals surface area contributed by atoms with E-state index in [0.29, 0.717) is 13.1 Å². The van der Waals surface area contributed by atoms with Crippen molar-refractivity contribution in [3.8, 4) is 0 Å². The van der Waals surface area contributed by atoms with Crippen molar-refractivity contribution in [3.05, 3.63) is 40.1 Å². The molecule has 0 aliphatic carbocycles. The third kappa shape index (κ3) is 3.66. The van der Waals surface area contributed by atoms with Gasteiger partial charge in [-0.1, -0.05) is 0 Å². The van der Waals surface area contributed by atoms with E-state index >= 15 is 0 Å². The SMILES string of the molecule is Cc1cn(C2CCN(C(=O)OC(C)(C)C)CC2)c2ccc([N+](=O)[O-])cc12. The third-order valence-electron chi connectivity index (χ3n) is 4.74. The fourth-order valence-corrected chi connectivity index (χ4v) is 3.48. The van der Waals surface area contributed by atoms with Crippen LogP contribution >= 0.6 is 0 Å². The number of nitro groups is 1. The van der Waals surface area contributed by atoms with Crippen molar-refractivity contribution >= 4 is 22.7 Å². The van der Waals surface area contributed by atoms with E-state index in [4.69, 9.17) is 4.74 Å². The third-order valence-corrected chi connectivity index (χ3v) is 4.74. The van der Waals surface area contributed by atoms with Crippen molar-refractivity contribution in [2.45, 2.75) is 52.2 Å². The van der Waals surface area contributed by atoms with Crippen molar-refractivity contribution in [1.82, 2.24) is 9.47 Å². The second-order valence-electron chi connectivity index (χ2n) is 7.88. The van der Waals surface area contributed by atoms with Crippen LogP contribution < -0.4 is 0 Å². The maximum Gasteiger partial charge on any atom is 0.410 e. The number of aryl methyl sites for hydroxylation is 1. The van der Waals surface area contributed by atoms with Gasteiger partial charge in [-0.05, 0) is 52.2 Å². The lowest BCUT2D eigenvalue weighted by Crippen LogP contribution is -2.42. The molecule has 0 atom stereocenters. The van der Waals surface area contributed by atoms with Gasteiger partial charge in [0.25, 0.3) is 5.69 Å². The van der Waals surface area contributed by atoms with Crippen molar-refractivity contribution in [2.75, 3.05) is 13.1 Å². The van der Waals surface area contributed by atoms with Gasteiger partial charge in [0.1, 0.15) is 5.60 Å². The minimum absolute atomic E-state index is 0.109. The zero-order valence-corrected chi connectivity index (χ0v) is 15.7. The number of rotatable bonds is 2. The van der Waals surface area contributed by atoms with E-state index in [1.54, 1.807) is 17.0 Å². The number of nitro benzene ring substituents is 1. The molecule has 0 radical (unpaired) electrons. The highest BCUT2D eigenvalue weighted by atomic mass is 16.6. The van der Waals surface area contributed by atoms with Gasteiger partial charge in [0, 0.05) is 48.4 Å².